The zero-order chi connectivity index (χ0) is 21.5. The summed E-state index contributed by atoms with van der Waals surface area (Å²) in [4.78, 5) is 29.9. The van der Waals surface area contributed by atoms with Crippen LogP contribution in [-0.2, 0) is 0 Å². The molecule has 5 aromatic rings. The quantitative estimate of drug-likeness (QED) is 0.458. The first-order chi connectivity index (χ1) is 15.8. The molecular weight excluding hydrogens is 407 g/mol. The summed E-state index contributed by atoms with van der Waals surface area (Å²) in [6, 6.07) is 10.4. The Labute approximate surface area is 181 Å². The van der Waals surface area contributed by atoms with Crippen LogP contribution in [0.2, 0.25) is 0 Å². The number of aromatic amines is 1. The Bertz CT molecular complexity index is 1490. The molecule has 1 aliphatic rings. The molecule has 0 unspecified atom stereocenters. The van der Waals surface area contributed by atoms with Crippen molar-refractivity contribution >= 4 is 22.4 Å². The van der Waals surface area contributed by atoms with Crippen LogP contribution in [-0.4, -0.2) is 42.3 Å². The summed E-state index contributed by atoms with van der Waals surface area (Å²) in [7, 11) is 0. The Kier molecular flexibility index (Phi) is 4.17. The van der Waals surface area contributed by atoms with E-state index in [1.54, 1.807) is 43.0 Å². The maximum Gasteiger partial charge on any atom is 0.159 e. The van der Waals surface area contributed by atoms with Gasteiger partial charge in [-0.3, -0.25) is 9.98 Å². The first-order valence-corrected chi connectivity index (χ1v) is 9.92. The number of hydrogen-bond acceptors (Lipinski definition) is 7. The summed E-state index contributed by atoms with van der Waals surface area (Å²) in [5, 5.41) is 3.23. The number of pyridine rings is 2. The molecule has 0 atom stereocenters. The van der Waals surface area contributed by atoms with E-state index >= 15 is 0 Å². The molecule has 5 heterocycles. The Morgan fingerprint density at radius 1 is 0.844 bits per heavy atom. The average molecular weight is 422 g/mol. The van der Waals surface area contributed by atoms with Gasteiger partial charge in [-0.05, 0) is 18.2 Å². The fourth-order valence-corrected chi connectivity index (χ4v) is 3.76. The van der Waals surface area contributed by atoms with Crippen molar-refractivity contribution < 1.29 is 4.39 Å². The predicted octanol–water partition coefficient (Wildman–Crippen LogP) is 3.84. The molecule has 0 amide bonds. The van der Waals surface area contributed by atoms with Crippen molar-refractivity contribution in [2.75, 3.05) is 12.0 Å². The van der Waals surface area contributed by atoms with E-state index in [1.807, 2.05) is 12.1 Å². The number of anilines is 1. The molecule has 6 rings (SSSR count). The van der Waals surface area contributed by atoms with Crippen LogP contribution in [0.15, 0.2) is 72.5 Å². The van der Waals surface area contributed by atoms with E-state index in [1.165, 1.54) is 12.4 Å². The van der Waals surface area contributed by atoms with Gasteiger partial charge in [-0.2, -0.15) is 0 Å². The molecule has 0 saturated heterocycles. The Morgan fingerprint density at radius 3 is 2.59 bits per heavy atom. The van der Waals surface area contributed by atoms with Crippen LogP contribution in [0.25, 0.3) is 33.4 Å². The van der Waals surface area contributed by atoms with Gasteiger partial charge in [-0.1, -0.05) is 18.2 Å². The van der Waals surface area contributed by atoms with E-state index in [4.69, 9.17) is 9.97 Å². The highest BCUT2D eigenvalue weighted by Crippen LogP contribution is 2.30. The zero-order valence-corrected chi connectivity index (χ0v) is 16.6. The largest absolute Gasteiger partial charge is 0.364 e. The third-order valence-corrected chi connectivity index (χ3v) is 5.27. The lowest BCUT2D eigenvalue weighted by atomic mass is 10.1. The second-order valence-corrected chi connectivity index (χ2v) is 7.21. The molecule has 0 bridgehead atoms. The van der Waals surface area contributed by atoms with Crippen molar-refractivity contribution in [2.45, 2.75) is 0 Å². The number of nitrogens with zero attached hydrogens (tertiary/aromatic N) is 6. The predicted molar refractivity (Wildman–Crippen MR) is 119 cm³/mol. The first kappa shape index (κ1) is 18.3. The SMILES string of the molecule is Fc1ccccc1-c1cncc2[nH]c(C3=NCNc4ccc(-c5cncnc5)nc43)nc12. The summed E-state index contributed by atoms with van der Waals surface area (Å²) < 4.78 is 14.4. The minimum Gasteiger partial charge on any atom is -0.364 e. The fraction of sp³-hybridized carbons (Fsp3) is 0.0435. The summed E-state index contributed by atoms with van der Waals surface area (Å²) in [5.74, 6) is 0.217. The van der Waals surface area contributed by atoms with Gasteiger partial charge in [-0.15, -0.1) is 0 Å². The van der Waals surface area contributed by atoms with Crippen LogP contribution in [0.1, 0.15) is 11.5 Å². The number of H-pyrrole nitrogens is 1. The minimum atomic E-state index is -0.327. The van der Waals surface area contributed by atoms with Crippen molar-refractivity contribution in [3.63, 3.8) is 0 Å². The van der Waals surface area contributed by atoms with Gasteiger partial charge in [0.1, 0.15) is 35.7 Å². The molecule has 2 N–H and O–H groups in total. The highest BCUT2D eigenvalue weighted by molar-refractivity contribution is 6.15. The number of nitrogens with one attached hydrogen (secondary N) is 2. The molecule has 0 radical (unpaired) electrons. The fourth-order valence-electron chi connectivity index (χ4n) is 3.76. The maximum atomic E-state index is 14.4. The molecule has 0 aliphatic carbocycles. The normalized spacial score (nSPS) is 12.8. The molecule has 0 fully saturated rings. The van der Waals surface area contributed by atoms with Gasteiger partial charge < -0.3 is 10.3 Å². The van der Waals surface area contributed by atoms with Gasteiger partial charge in [0, 0.05) is 35.3 Å². The number of benzene rings is 1. The third kappa shape index (κ3) is 2.99. The molecule has 154 valence electrons. The van der Waals surface area contributed by atoms with Gasteiger partial charge in [0.15, 0.2) is 5.82 Å². The zero-order valence-electron chi connectivity index (χ0n) is 16.6. The molecular formula is C23H15FN8. The second kappa shape index (κ2) is 7.31. The summed E-state index contributed by atoms with van der Waals surface area (Å²) >= 11 is 0. The minimum absolute atomic E-state index is 0.327. The van der Waals surface area contributed by atoms with Crippen molar-refractivity contribution in [3.8, 4) is 22.4 Å². The standard InChI is InChI=1S/C23H15FN8/c24-16-4-2-1-3-14(16)15-9-25-10-19-20(15)32-23(31-19)22-21-18(28-12-29-22)6-5-17(30-21)13-7-26-11-27-8-13/h1-11,28H,12H2,(H,31,32). The lowest BCUT2D eigenvalue weighted by Crippen LogP contribution is -2.19. The number of imidazole rings is 1. The smallest absolute Gasteiger partial charge is 0.159 e. The van der Waals surface area contributed by atoms with Crippen LogP contribution < -0.4 is 5.32 Å². The Balaban J connectivity index is 1.49. The number of halogens is 1. The first-order valence-electron chi connectivity index (χ1n) is 9.92. The summed E-state index contributed by atoms with van der Waals surface area (Å²) in [6.07, 6.45) is 8.19. The molecule has 9 heteroatoms. The number of fused-ring (bicyclic) bond motifs is 2. The van der Waals surface area contributed by atoms with E-state index in [2.05, 4.69) is 30.2 Å². The highest BCUT2D eigenvalue weighted by Gasteiger charge is 2.22. The van der Waals surface area contributed by atoms with E-state index in [9.17, 15) is 4.39 Å². The second-order valence-electron chi connectivity index (χ2n) is 7.21. The number of aliphatic imine (C=N–C) groups is 1. The van der Waals surface area contributed by atoms with Gasteiger partial charge in [-0.25, -0.2) is 24.3 Å². The maximum absolute atomic E-state index is 14.4. The summed E-state index contributed by atoms with van der Waals surface area (Å²) in [6.45, 7) is 0.396. The van der Waals surface area contributed by atoms with E-state index < -0.39 is 0 Å². The van der Waals surface area contributed by atoms with Crippen molar-refractivity contribution in [3.05, 3.63) is 84.8 Å². The lowest BCUT2D eigenvalue weighted by molar-refractivity contribution is 0.631. The molecule has 1 aliphatic heterocycles. The summed E-state index contributed by atoms with van der Waals surface area (Å²) in [5.41, 5.74) is 6.03. The van der Waals surface area contributed by atoms with Crippen molar-refractivity contribution in [1.29, 1.82) is 0 Å². The number of rotatable bonds is 3. The van der Waals surface area contributed by atoms with Crippen LogP contribution in [0, 0.1) is 5.82 Å². The van der Waals surface area contributed by atoms with E-state index in [0.717, 1.165) is 16.9 Å². The Hall–Kier alpha value is -4.53. The molecule has 0 spiro atoms. The molecule has 0 saturated carbocycles. The monoisotopic (exact) mass is 422 g/mol. The average Bonchev–Trinajstić information content (AvgIpc) is 3.29. The van der Waals surface area contributed by atoms with Gasteiger partial charge >= 0.3 is 0 Å². The lowest BCUT2D eigenvalue weighted by Gasteiger charge is -2.17. The molecule has 4 aromatic heterocycles. The van der Waals surface area contributed by atoms with Crippen LogP contribution in [0.4, 0.5) is 10.1 Å². The van der Waals surface area contributed by atoms with Crippen LogP contribution in [0.3, 0.4) is 0 Å². The molecule has 1 aromatic carbocycles. The van der Waals surface area contributed by atoms with Gasteiger partial charge in [0.2, 0.25) is 0 Å². The highest BCUT2D eigenvalue weighted by atomic mass is 19.1. The third-order valence-electron chi connectivity index (χ3n) is 5.27. The molecule has 32 heavy (non-hydrogen) atoms. The Morgan fingerprint density at radius 2 is 1.72 bits per heavy atom. The van der Waals surface area contributed by atoms with Gasteiger partial charge in [0.05, 0.1) is 23.1 Å². The van der Waals surface area contributed by atoms with E-state index in [-0.39, 0.29) is 5.82 Å². The van der Waals surface area contributed by atoms with Crippen LogP contribution in [0.5, 0.6) is 0 Å². The molecule has 8 nitrogen and oxygen atoms in total. The van der Waals surface area contributed by atoms with E-state index in [0.29, 0.717) is 46.1 Å². The number of hydrogen-bond donors (Lipinski definition) is 2. The van der Waals surface area contributed by atoms with Crippen molar-refractivity contribution in [1.82, 2.24) is 29.9 Å². The van der Waals surface area contributed by atoms with Gasteiger partial charge in [0.25, 0.3) is 0 Å². The van der Waals surface area contributed by atoms with Crippen molar-refractivity contribution in [2.24, 2.45) is 4.99 Å². The topological polar surface area (TPSA) is 105 Å². The number of aromatic nitrogens is 6. The van der Waals surface area contributed by atoms with Crippen LogP contribution >= 0.6 is 0 Å².